The highest BCUT2D eigenvalue weighted by atomic mass is 15.3. The molecule has 0 amide bonds. The molecule has 11 heavy (non-hydrogen) atoms. The first kappa shape index (κ1) is 6.83. The molecule has 1 atom stereocenters. The third kappa shape index (κ3) is 1.04. The van der Waals surface area contributed by atoms with Crippen LogP contribution in [0.25, 0.3) is 0 Å². The topological polar surface area (TPSA) is 30.7 Å². The molecule has 60 valence electrons. The summed E-state index contributed by atoms with van der Waals surface area (Å²) in [6, 6.07) is 0. The van der Waals surface area contributed by atoms with Gasteiger partial charge in [-0.25, -0.2) is 9.67 Å². The lowest BCUT2D eigenvalue weighted by molar-refractivity contribution is 0.408. The van der Waals surface area contributed by atoms with E-state index in [9.17, 15) is 0 Å². The van der Waals surface area contributed by atoms with Crippen LogP contribution in [0.2, 0.25) is 0 Å². The molecule has 1 unspecified atom stereocenters. The summed E-state index contributed by atoms with van der Waals surface area (Å²) in [7, 11) is 0. The summed E-state index contributed by atoms with van der Waals surface area (Å²) in [5.74, 6) is 1.85. The predicted molar refractivity (Wildman–Crippen MR) is 42.3 cm³/mol. The first-order valence-electron chi connectivity index (χ1n) is 4.29. The largest absolute Gasteiger partial charge is 0.250 e. The third-order valence-electron chi connectivity index (χ3n) is 2.43. The Morgan fingerprint density at radius 1 is 1.73 bits per heavy atom. The van der Waals surface area contributed by atoms with E-state index in [2.05, 4.69) is 17.0 Å². The zero-order valence-electron chi connectivity index (χ0n) is 6.82. The Balaban J connectivity index is 2.32. The molecule has 2 heterocycles. The minimum absolute atomic E-state index is 0.659. The van der Waals surface area contributed by atoms with Gasteiger partial charge in [0.2, 0.25) is 0 Å². The first-order chi connectivity index (χ1) is 5.42. The van der Waals surface area contributed by atoms with E-state index in [1.807, 2.05) is 4.68 Å². The fourth-order valence-corrected chi connectivity index (χ4v) is 1.76. The molecule has 1 aromatic rings. The quantitative estimate of drug-likeness (QED) is 0.610. The van der Waals surface area contributed by atoms with Crippen molar-refractivity contribution in [2.75, 3.05) is 0 Å². The minimum Gasteiger partial charge on any atom is -0.250 e. The van der Waals surface area contributed by atoms with Crippen LogP contribution in [0.15, 0.2) is 6.33 Å². The molecule has 1 aliphatic heterocycles. The van der Waals surface area contributed by atoms with Gasteiger partial charge in [-0.3, -0.25) is 0 Å². The number of aryl methyl sites for hydroxylation is 1. The number of nitrogens with zero attached hydrogens (tertiary/aromatic N) is 3. The Kier molecular flexibility index (Phi) is 1.64. The summed E-state index contributed by atoms with van der Waals surface area (Å²) in [6.45, 7) is 3.28. The second-order valence-corrected chi connectivity index (χ2v) is 3.09. The molecular weight excluding hydrogens is 138 g/mol. The van der Waals surface area contributed by atoms with Gasteiger partial charge in [-0.2, -0.15) is 5.10 Å². The van der Waals surface area contributed by atoms with Crippen LogP contribution in [-0.2, 0) is 6.54 Å². The standard InChI is InChI=1S/C8H13N3/c1-2-7-4-3-5-11-8(7)9-6-10-11/h6-7H,2-5H2,1H3. The van der Waals surface area contributed by atoms with Crippen LogP contribution in [0.4, 0.5) is 0 Å². The van der Waals surface area contributed by atoms with Crippen LogP contribution in [-0.4, -0.2) is 14.8 Å². The van der Waals surface area contributed by atoms with E-state index in [-0.39, 0.29) is 0 Å². The van der Waals surface area contributed by atoms with Crippen molar-refractivity contribution in [3.05, 3.63) is 12.2 Å². The fraction of sp³-hybridized carbons (Fsp3) is 0.750. The lowest BCUT2D eigenvalue weighted by atomic mass is 9.97. The van der Waals surface area contributed by atoms with Crippen molar-refractivity contribution in [3.8, 4) is 0 Å². The molecule has 0 aromatic carbocycles. The highest BCUT2D eigenvalue weighted by Gasteiger charge is 2.19. The summed E-state index contributed by atoms with van der Waals surface area (Å²) in [6.07, 6.45) is 5.41. The number of aromatic nitrogens is 3. The molecule has 0 fully saturated rings. The van der Waals surface area contributed by atoms with Crippen LogP contribution in [0.3, 0.4) is 0 Å². The highest BCUT2D eigenvalue weighted by molar-refractivity contribution is 4.97. The van der Waals surface area contributed by atoms with Gasteiger partial charge in [0.05, 0.1) is 0 Å². The molecule has 0 N–H and O–H groups in total. The van der Waals surface area contributed by atoms with Crippen molar-refractivity contribution in [2.24, 2.45) is 0 Å². The maximum Gasteiger partial charge on any atom is 0.138 e. The van der Waals surface area contributed by atoms with Crippen LogP contribution in [0.5, 0.6) is 0 Å². The molecule has 0 saturated carbocycles. The molecule has 3 nitrogen and oxygen atoms in total. The monoisotopic (exact) mass is 151 g/mol. The molecule has 0 radical (unpaired) electrons. The van der Waals surface area contributed by atoms with E-state index >= 15 is 0 Å². The summed E-state index contributed by atoms with van der Waals surface area (Å²) in [4.78, 5) is 4.26. The van der Waals surface area contributed by atoms with E-state index in [4.69, 9.17) is 0 Å². The van der Waals surface area contributed by atoms with Gasteiger partial charge in [0.25, 0.3) is 0 Å². The van der Waals surface area contributed by atoms with Crippen molar-refractivity contribution >= 4 is 0 Å². The average Bonchev–Trinajstić information content (AvgIpc) is 2.50. The number of hydrogen-bond acceptors (Lipinski definition) is 2. The van der Waals surface area contributed by atoms with Crippen molar-refractivity contribution in [1.29, 1.82) is 0 Å². The van der Waals surface area contributed by atoms with Crippen molar-refractivity contribution in [1.82, 2.24) is 14.8 Å². The van der Waals surface area contributed by atoms with Gasteiger partial charge in [0.15, 0.2) is 0 Å². The molecule has 1 aromatic heterocycles. The third-order valence-corrected chi connectivity index (χ3v) is 2.43. The van der Waals surface area contributed by atoms with Crippen molar-refractivity contribution in [2.45, 2.75) is 38.6 Å². The van der Waals surface area contributed by atoms with Crippen LogP contribution < -0.4 is 0 Å². The van der Waals surface area contributed by atoms with Gasteiger partial charge in [0, 0.05) is 12.5 Å². The first-order valence-corrected chi connectivity index (χ1v) is 4.29. The Hall–Kier alpha value is -0.860. The van der Waals surface area contributed by atoms with Gasteiger partial charge in [-0.05, 0) is 19.3 Å². The normalized spacial score (nSPS) is 23.2. The fourth-order valence-electron chi connectivity index (χ4n) is 1.76. The van der Waals surface area contributed by atoms with Gasteiger partial charge < -0.3 is 0 Å². The van der Waals surface area contributed by atoms with Crippen molar-refractivity contribution in [3.63, 3.8) is 0 Å². The van der Waals surface area contributed by atoms with E-state index in [1.165, 1.54) is 25.1 Å². The van der Waals surface area contributed by atoms with Gasteiger partial charge >= 0.3 is 0 Å². The molecular formula is C8H13N3. The Morgan fingerprint density at radius 3 is 3.45 bits per heavy atom. The van der Waals surface area contributed by atoms with Gasteiger partial charge in [0.1, 0.15) is 12.2 Å². The van der Waals surface area contributed by atoms with Gasteiger partial charge in [-0.15, -0.1) is 0 Å². The van der Waals surface area contributed by atoms with E-state index < -0.39 is 0 Å². The van der Waals surface area contributed by atoms with Crippen LogP contribution in [0.1, 0.15) is 37.9 Å². The second-order valence-electron chi connectivity index (χ2n) is 3.09. The SMILES string of the molecule is CCC1CCCn2ncnc21. The van der Waals surface area contributed by atoms with Crippen molar-refractivity contribution < 1.29 is 0 Å². The molecule has 0 spiro atoms. The molecule has 2 rings (SSSR count). The summed E-state index contributed by atoms with van der Waals surface area (Å²) >= 11 is 0. The Morgan fingerprint density at radius 2 is 2.64 bits per heavy atom. The Labute approximate surface area is 66.4 Å². The predicted octanol–water partition coefficient (Wildman–Crippen LogP) is 1.57. The maximum atomic E-state index is 4.26. The highest BCUT2D eigenvalue weighted by Crippen LogP contribution is 2.26. The lowest BCUT2D eigenvalue weighted by Gasteiger charge is -2.20. The zero-order chi connectivity index (χ0) is 7.68. The number of hydrogen-bond donors (Lipinski definition) is 0. The molecule has 0 aliphatic carbocycles. The zero-order valence-corrected chi connectivity index (χ0v) is 6.82. The molecule has 3 heteroatoms. The van der Waals surface area contributed by atoms with E-state index in [1.54, 1.807) is 6.33 Å². The maximum absolute atomic E-state index is 4.26. The number of fused-ring (bicyclic) bond motifs is 1. The van der Waals surface area contributed by atoms with Crippen LogP contribution in [0, 0.1) is 0 Å². The summed E-state index contributed by atoms with van der Waals surface area (Å²) in [5.41, 5.74) is 0. The molecule has 1 aliphatic rings. The summed E-state index contributed by atoms with van der Waals surface area (Å²) < 4.78 is 2.04. The van der Waals surface area contributed by atoms with Gasteiger partial charge in [-0.1, -0.05) is 6.92 Å². The molecule has 0 saturated heterocycles. The number of rotatable bonds is 1. The van der Waals surface area contributed by atoms with E-state index in [0.717, 1.165) is 6.54 Å². The minimum atomic E-state index is 0.659. The van der Waals surface area contributed by atoms with Crippen LogP contribution >= 0.6 is 0 Å². The van der Waals surface area contributed by atoms with E-state index in [0.29, 0.717) is 5.92 Å². The lowest BCUT2D eigenvalue weighted by Crippen LogP contribution is -2.16. The second kappa shape index (κ2) is 2.64. The smallest absolute Gasteiger partial charge is 0.138 e. The Bertz CT molecular complexity index is 241. The summed E-state index contributed by atoms with van der Waals surface area (Å²) in [5, 5.41) is 4.16. The average molecular weight is 151 g/mol. The molecule has 0 bridgehead atoms.